The lowest BCUT2D eigenvalue weighted by molar-refractivity contribution is -0.158. The van der Waals surface area contributed by atoms with Crippen LogP contribution in [0.3, 0.4) is 0 Å². The second-order valence-electron chi connectivity index (χ2n) is 8.39. The minimum atomic E-state index is -0.682. The first-order valence-corrected chi connectivity index (χ1v) is 11.0. The first-order chi connectivity index (χ1) is 14.6. The Labute approximate surface area is 177 Å². The van der Waals surface area contributed by atoms with E-state index in [0.717, 1.165) is 31.2 Å². The molecule has 2 aliphatic rings. The standard InChI is InChI=1S/C25H29FN2O2/c26-21-14-12-20(13-15-21)24-25(30)28(22-10-6-1-2-7-11-22)18-23(29)27(24)17-16-19-8-4-3-5-9-19/h3-5,8-9,12-15,22,24H,1-2,6-7,10-11,16-18H2/t24-/m0/s1. The molecule has 0 radical (unpaired) electrons. The van der Waals surface area contributed by atoms with Crippen molar-refractivity contribution in [1.29, 1.82) is 0 Å². The summed E-state index contributed by atoms with van der Waals surface area (Å²) >= 11 is 0. The molecule has 1 saturated heterocycles. The molecule has 158 valence electrons. The number of hydrogen-bond acceptors (Lipinski definition) is 2. The van der Waals surface area contributed by atoms with Crippen molar-refractivity contribution in [3.63, 3.8) is 0 Å². The maximum atomic E-state index is 13.6. The molecular formula is C25H29FN2O2. The Bertz CT molecular complexity index is 860. The molecule has 0 bridgehead atoms. The summed E-state index contributed by atoms with van der Waals surface area (Å²) in [5, 5.41) is 0. The lowest BCUT2D eigenvalue weighted by atomic mass is 9.97. The van der Waals surface area contributed by atoms with Gasteiger partial charge in [0.2, 0.25) is 5.91 Å². The average Bonchev–Trinajstić information content (AvgIpc) is 3.05. The van der Waals surface area contributed by atoms with Crippen molar-refractivity contribution in [3.8, 4) is 0 Å². The zero-order valence-electron chi connectivity index (χ0n) is 17.3. The van der Waals surface area contributed by atoms with E-state index in [4.69, 9.17) is 0 Å². The van der Waals surface area contributed by atoms with Gasteiger partial charge in [-0.1, -0.05) is 68.1 Å². The van der Waals surface area contributed by atoms with Gasteiger partial charge in [-0.2, -0.15) is 0 Å². The van der Waals surface area contributed by atoms with Gasteiger partial charge in [-0.15, -0.1) is 0 Å². The van der Waals surface area contributed by atoms with Crippen molar-refractivity contribution in [3.05, 3.63) is 71.5 Å². The molecule has 0 aromatic heterocycles. The van der Waals surface area contributed by atoms with E-state index < -0.39 is 6.04 Å². The van der Waals surface area contributed by atoms with Gasteiger partial charge < -0.3 is 9.80 Å². The van der Waals surface area contributed by atoms with Gasteiger partial charge in [0.25, 0.3) is 5.91 Å². The molecule has 1 heterocycles. The van der Waals surface area contributed by atoms with Crippen LogP contribution in [0.5, 0.6) is 0 Å². The monoisotopic (exact) mass is 408 g/mol. The molecule has 2 fully saturated rings. The fourth-order valence-corrected chi connectivity index (χ4v) is 4.74. The molecule has 0 spiro atoms. The van der Waals surface area contributed by atoms with Gasteiger partial charge >= 0.3 is 0 Å². The third-order valence-electron chi connectivity index (χ3n) is 6.39. The van der Waals surface area contributed by atoms with Gasteiger partial charge in [0, 0.05) is 12.6 Å². The molecule has 1 aliphatic heterocycles. The number of carbonyl (C=O) groups excluding carboxylic acids is 2. The Balaban J connectivity index is 1.60. The highest BCUT2D eigenvalue weighted by Crippen LogP contribution is 2.32. The average molecular weight is 409 g/mol. The van der Waals surface area contributed by atoms with Crippen LogP contribution in [-0.4, -0.2) is 40.7 Å². The fourth-order valence-electron chi connectivity index (χ4n) is 4.74. The molecule has 30 heavy (non-hydrogen) atoms. The van der Waals surface area contributed by atoms with Crippen molar-refractivity contribution in [2.24, 2.45) is 0 Å². The van der Waals surface area contributed by atoms with E-state index in [1.165, 1.54) is 25.0 Å². The molecule has 1 saturated carbocycles. The molecule has 1 atom stereocenters. The first-order valence-electron chi connectivity index (χ1n) is 11.0. The summed E-state index contributed by atoms with van der Waals surface area (Å²) in [5.74, 6) is -0.393. The van der Waals surface area contributed by atoms with Crippen LogP contribution in [0.2, 0.25) is 0 Å². The predicted octanol–water partition coefficient (Wildman–Crippen LogP) is 4.50. The number of amides is 2. The molecule has 2 aromatic rings. The third kappa shape index (κ3) is 4.55. The third-order valence-corrected chi connectivity index (χ3v) is 6.39. The highest BCUT2D eigenvalue weighted by atomic mass is 19.1. The molecule has 1 aliphatic carbocycles. The Morgan fingerprint density at radius 1 is 0.867 bits per heavy atom. The SMILES string of the molecule is O=C1[C@H](c2ccc(F)cc2)N(CCc2ccccc2)C(=O)CN1C1CCCCCC1. The summed E-state index contributed by atoms with van der Waals surface area (Å²) in [7, 11) is 0. The summed E-state index contributed by atoms with van der Waals surface area (Å²) in [5.41, 5.74) is 1.81. The maximum absolute atomic E-state index is 13.6. The van der Waals surface area contributed by atoms with Crippen LogP contribution >= 0.6 is 0 Å². The number of halogens is 1. The molecule has 2 amide bonds. The van der Waals surface area contributed by atoms with Gasteiger partial charge in [0.05, 0.1) is 0 Å². The van der Waals surface area contributed by atoms with E-state index >= 15 is 0 Å². The van der Waals surface area contributed by atoms with Crippen LogP contribution in [0.4, 0.5) is 4.39 Å². The summed E-state index contributed by atoms with van der Waals surface area (Å²) in [6, 6.07) is 15.4. The summed E-state index contributed by atoms with van der Waals surface area (Å²) in [6.07, 6.45) is 7.18. The van der Waals surface area contributed by atoms with Crippen LogP contribution in [-0.2, 0) is 16.0 Å². The number of benzene rings is 2. The Hall–Kier alpha value is -2.69. The highest BCUT2D eigenvalue weighted by Gasteiger charge is 2.42. The smallest absolute Gasteiger partial charge is 0.250 e. The van der Waals surface area contributed by atoms with Gasteiger partial charge in [0.1, 0.15) is 18.4 Å². The van der Waals surface area contributed by atoms with Crippen molar-refractivity contribution in [2.75, 3.05) is 13.1 Å². The summed E-state index contributed by atoms with van der Waals surface area (Å²) in [6.45, 7) is 0.616. The number of carbonyl (C=O) groups is 2. The second-order valence-corrected chi connectivity index (χ2v) is 8.39. The zero-order chi connectivity index (χ0) is 20.9. The van der Waals surface area contributed by atoms with Gasteiger partial charge in [-0.05, 0) is 42.5 Å². The second kappa shape index (κ2) is 9.41. The van der Waals surface area contributed by atoms with E-state index in [9.17, 15) is 14.0 Å². The topological polar surface area (TPSA) is 40.6 Å². The fraction of sp³-hybridized carbons (Fsp3) is 0.440. The van der Waals surface area contributed by atoms with Gasteiger partial charge in [-0.25, -0.2) is 4.39 Å². The van der Waals surface area contributed by atoms with E-state index in [1.807, 2.05) is 30.3 Å². The summed E-state index contributed by atoms with van der Waals surface area (Å²) in [4.78, 5) is 30.3. The quantitative estimate of drug-likeness (QED) is 0.684. The van der Waals surface area contributed by atoms with Crippen molar-refractivity contribution in [2.45, 2.75) is 57.0 Å². The molecule has 5 heteroatoms. The number of hydrogen-bond donors (Lipinski definition) is 0. The Morgan fingerprint density at radius 3 is 2.20 bits per heavy atom. The van der Waals surface area contributed by atoms with E-state index in [0.29, 0.717) is 18.5 Å². The minimum absolute atomic E-state index is 0.0240. The van der Waals surface area contributed by atoms with E-state index in [1.54, 1.807) is 21.9 Å². The predicted molar refractivity (Wildman–Crippen MR) is 114 cm³/mol. The van der Waals surface area contributed by atoms with E-state index in [-0.39, 0.29) is 30.2 Å². The van der Waals surface area contributed by atoms with Crippen molar-refractivity contribution < 1.29 is 14.0 Å². The number of rotatable bonds is 5. The molecule has 4 rings (SSSR count). The van der Waals surface area contributed by atoms with Crippen LogP contribution < -0.4 is 0 Å². The molecular weight excluding hydrogens is 379 g/mol. The Kier molecular flexibility index (Phi) is 6.46. The summed E-state index contributed by atoms with van der Waals surface area (Å²) < 4.78 is 13.5. The minimum Gasteiger partial charge on any atom is -0.328 e. The molecule has 0 N–H and O–H groups in total. The number of nitrogens with zero attached hydrogens (tertiary/aromatic N) is 2. The lowest BCUT2D eigenvalue weighted by Gasteiger charge is -2.43. The number of piperazine rings is 1. The molecule has 0 unspecified atom stereocenters. The normalized spacial score (nSPS) is 21.0. The van der Waals surface area contributed by atoms with Crippen molar-refractivity contribution in [1.82, 2.24) is 9.80 Å². The molecule has 4 nitrogen and oxygen atoms in total. The van der Waals surface area contributed by atoms with Crippen LogP contribution in [0.1, 0.15) is 55.7 Å². The van der Waals surface area contributed by atoms with E-state index in [2.05, 4.69) is 0 Å². The first kappa shape index (κ1) is 20.6. The van der Waals surface area contributed by atoms with Crippen LogP contribution in [0, 0.1) is 5.82 Å². The molecule has 2 aromatic carbocycles. The van der Waals surface area contributed by atoms with Crippen LogP contribution in [0.15, 0.2) is 54.6 Å². The van der Waals surface area contributed by atoms with Gasteiger partial charge in [0.15, 0.2) is 0 Å². The van der Waals surface area contributed by atoms with Crippen molar-refractivity contribution >= 4 is 11.8 Å². The lowest BCUT2D eigenvalue weighted by Crippen LogP contribution is -2.58. The highest BCUT2D eigenvalue weighted by molar-refractivity contribution is 5.95. The maximum Gasteiger partial charge on any atom is 0.250 e. The van der Waals surface area contributed by atoms with Gasteiger partial charge in [-0.3, -0.25) is 9.59 Å². The van der Waals surface area contributed by atoms with Crippen LogP contribution in [0.25, 0.3) is 0 Å². The Morgan fingerprint density at radius 2 is 1.53 bits per heavy atom. The largest absolute Gasteiger partial charge is 0.328 e. The zero-order valence-corrected chi connectivity index (χ0v) is 17.3.